The molecular weight excluding hydrogens is 596 g/mol. The van der Waals surface area contributed by atoms with Crippen LogP contribution in [0.2, 0.25) is 0 Å². The van der Waals surface area contributed by atoms with Gasteiger partial charge in [0, 0.05) is 4.47 Å². The van der Waals surface area contributed by atoms with Gasteiger partial charge in [0.05, 0.1) is 5.41 Å². The molecule has 8 rings (SSSR count). The van der Waals surface area contributed by atoms with Crippen LogP contribution in [0.4, 0.5) is 0 Å². The predicted molar refractivity (Wildman–Crippen MR) is 188 cm³/mol. The molecule has 44 heavy (non-hydrogen) atoms. The van der Waals surface area contributed by atoms with E-state index in [0.29, 0.717) is 0 Å². The number of fused-ring (bicyclic) bond motifs is 3. The first-order chi connectivity index (χ1) is 21.7. The predicted octanol–water partition coefficient (Wildman–Crippen LogP) is 11.8. The second-order valence-electron chi connectivity index (χ2n) is 11.5. The van der Waals surface area contributed by atoms with E-state index in [1.165, 1.54) is 66.8 Å². The highest BCUT2D eigenvalue weighted by Crippen LogP contribution is 2.57. The highest BCUT2D eigenvalue weighted by Gasteiger charge is 2.46. The van der Waals surface area contributed by atoms with E-state index in [1.807, 2.05) is 0 Å². The Morgan fingerprint density at radius 1 is 0.318 bits per heavy atom. The maximum atomic E-state index is 3.84. The second-order valence-corrected chi connectivity index (χ2v) is 12.4. The largest absolute Gasteiger partial charge is 0.0714 e. The fraction of sp³-hybridized carbons (Fsp3) is 0.0233. The Morgan fingerprint density at radius 3 is 1.16 bits per heavy atom. The van der Waals surface area contributed by atoms with Crippen molar-refractivity contribution in [2.24, 2.45) is 0 Å². The number of halogens is 1. The van der Waals surface area contributed by atoms with E-state index in [4.69, 9.17) is 0 Å². The Bertz CT molecular complexity index is 1990. The van der Waals surface area contributed by atoms with Crippen molar-refractivity contribution < 1.29 is 0 Å². The molecule has 0 bridgehead atoms. The molecule has 0 saturated carbocycles. The quantitative estimate of drug-likeness (QED) is 0.179. The van der Waals surface area contributed by atoms with Gasteiger partial charge in [0.15, 0.2) is 0 Å². The molecule has 0 spiro atoms. The van der Waals surface area contributed by atoms with E-state index in [1.54, 1.807) is 0 Å². The molecular formula is C43H29Br. The Labute approximate surface area is 267 Å². The van der Waals surface area contributed by atoms with Gasteiger partial charge >= 0.3 is 0 Å². The van der Waals surface area contributed by atoms with Crippen molar-refractivity contribution in [1.82, 2.24) is 0 Å². The van der Waals surface area contributed by atoms with E-state index in [-0.39, 0.29) is 0 Å². The van der Waals surface area contributed by atoms with Crippen molar-refractivity contribution in [3.63, 3.8) is 0 Å². The number of rotatable bonds is 5. The Hall–Kier alpha value is -4.98. The molecule has 7 aromatic rings. The third kappa shape index (κ3) is 4.35. The molecule has 0 saturated heterocycles. The van der Waals surface area contributed by atoms with Crippen LogP contribution in [0.5, 0.6) is 0 Å². The minimum Gasteiger partial charge on any atom is -0.0622 e. The maximum Gasteiger partial charge on any atom is 0.0714 e. The van der Waals surface area contributed by atoms with E-state index >= 15 is 0 Å². The molecule has 1 aliphatic rings. The van der Waals surface area contributed by atoms with Gasteiger partial charge in [-0.15, -0.1) is 0 Å². The van der Waals surface area contributed by atoms with Gasteiger partial charge in [-0.1, -0.05) is 174 Å². The van der Waals surface area contributed by atoms with Gasteiger partial charge < -0.3 is 0 Å². The summed E-state index contributed by atoms with van der Waals surface area (Å²) in [6, 6.07) is 64.2. The summed E-state index contributed by atoms with van der Waals surface area (Å²) in [5.41, 5.74) is 14.5. The smallest absolute Gasteiger partial charge is 0.0622 e. The Kier molecular flexibility index (Phi) is 6.62. The monoisotopic (exact) mass is 624 g/mol. The zero-order valence-electron chi connectivity index (χ0n) is 24.1. The summed E-state index contributed by atoms with van der Waals surface area (Å²) in [5, 5.41) is 0. The van der Waals surface area contributed by atoms with Crippen LogP contribution in [0.25, 0.3) is 44.5 Å². The minimum atomic E-state index is -0.496. The zero-order chi connectivity index (χ0) is 29.5. The van der Waals surface area contributed by atoms with Crippen LogP contribution in [0.3, 0.4) is 0 Å². The summed E-state index contributed by atoms with van der Waals surface area (Å²) in [6.45, 7) is 0. The van der Waals surface area contributed by atoms with Crippen LogP contribution >= 0.6 is 15.9 Å². The molecule has 0 aromatic heterocycles. The van der Waals surface area contributed by atoms with Crippen LogP contribution in [-0.4, -0.2) is 0 Å². The van der Waals surface area contributed by atoms with Crippen molar-refractivity contribution in [3.8, 4) is 44.5 Å². The molecule has 7 aromatic carbocycles. The van der Waals surface area contributed by atoms with Crippen LogP contribution in [-0.2, 0) is 5.41 Å². The highest BCUT2D eigenvalue weighted by atomic mass is 79.9. The average molecular weight is 626 g/mol. The molecule has 1 aliphatic carbocycles. The lowest BCUT2D eigenvalue weighted by Crippen LogP contribution is -2.28. The highest BCUT2D eigenvalue weighted by molar-refractivity contribution is 9.10. The molecule has 0 nitrogen and oxygen atoms in total. The van der Waals surface area contributed by atoms with Crippen LogP contribution in [0.15, 0.2) is 180 Å². The van der Waals surface area contributed by atoms with Gasteiger partial charge in [-0.3, -0.25) is 0 Å². The topological polar surface area (TPSA) is 0 Å². The molecule has 0 heterocycles. The molecule has 1 heteroatoms. The third-order valence-electron chi connectivity index (χ3n) is 9.06. The summed E-state index contributed by atoms with van der Waals surface area (Å²) in [4.78, 5) is 0. The first-order valence-corrected chi connectivity index (χ1v) is 15.8. The van der Waals surface area contributed by atoms with Crippen molar-refractivity contribution in [1.29, 1.82) is 0 Å². The normalized spacial score (nSPS) is 12.8. The summed E-state index contributed by atoms with van der Waals surface area (Å²) in [5.74, 6) is 0. The Morgan fingerprint density at radius 2 is 0.682 bits per heavy atom. The average Bonchev–Trinajstić information content (AvgIpc) is 3.39. The number of hydrogen-bond donors (Lipinski definition) is 0. The van der Waals surface area contributed by atoms with E-state index in [9.17, 15) is 0 Å². The summed E-state index contributed by atoms with van der Waals surface area (Å²) >= 11 is 3.84. The van der Waals surface area contributed by atoms with Gasteiger partial charge in [0.1, 0.15) is 0 Å². The van der Waals surface area contributed by atoms with Gasteiger partial charge in [0.25, 0.3) is 0 Å². The van der Waals surface area contributed by atoms with Crippen LogP contribution in [0.1, 0.15) is 22.3 Å². The second kappa shape index (κ2) is 10.9. The van der Waals surface area contributed by atoms with Crippen molar-refractivity contribution in [3.05, 3.63) is 203 Å². The first-order valence-electron chi connectivity index (χ1n) is 15.0. The van der Waals surface area contributed by atoms with Crippen molar-refractivity contribution in [2.45, 2.75) is 5.41 Å². The molecule has 0 fully saturated rings. The summed E-state index contributed by atoms with van der Waals surface area (Å²) in [6.07, 6.45) is 0. The lowest BCUT2D eigenvalue weighted by atomic mass is 9.67. The number of hydrogen-bond acceptors (Lipinski definition) is 0. The standard InChI is InChI=1S/C43H29Br/c44-38-25-27-40-39-26-20-35(32-14-8-3-9-15-32)28-41(39)43(42(40)29-38,36-21-16-33(17-22-36)30-10-4-1-5-11-30)37-23-18-34(19-24-37)31-12-6-2-7-13-31/h1-29H. The van der Waals surface area contributed by atoms with Gasteiger partial charge in [-0.2, -0.15) is 0 Å². The summed E-state index contributed by atoms with van der Waals surface area (Å²) < 4.78 is 1.08. The molecule has 0 unspecified atom stereocenters. The molecule has 0 aliphatic heterocycles. The van der Waals surface area contributed by atoms with Crippen molar-refractivity contribution >= 4 is 15.9 Å². The molecule has 0 N–H and O–H groups in total. The lowest BCUT2D eigenvalue weighted by Gasteiger charge is -2.34. The van der Waals surface area contributed by atoms with Gasteiger partial charge in [-0.05, 0) is 85.0 Å². The summed E-state index contributed by atoms with van der Waals surface area (Å²) in [7, 11) is 0. The van der Waals surface area contributed by atoms with Gasteiger partial charge in [-0.25, -0.2) is 0 Å². The molecule has 0 amide bonds. The van der Waals surface area contributed by atoms with E-state index < -0.39 is 5.41 Å². The maximum absolute atomic E-state index is 3.84. The molecule has 0 atom stereocenters. The van der Waals surface area contributed by atoms with Gasteiger partial charge in [0.2, 0.25) is 0 Å². The fourth-order valence-corrected chi connectivity index (χ4v) is 7.34. The third-order valence-corrected chi connectivity index (χ3v) is 9.55. The van der Waals surface area contributed by atoms with E-state index in [2.05, 4.69) is 192 Å². The van der Waals surface area contributed by atoms with Crippen molar-refractivity contribution in [2.75, 3.05) is 0 Å². The van der Waals surface area contributed by atoms with E-state index in [0.717, 1.165) is 4.47 Å². The Balaban J connectivity index is 1.41. The van der Waals surface area contributed by atoms with Crippen LogP contribution < -0.4 is 0 Å². The SMILES string of the molecule is Brc1ccc2c(c1)C(c1ccc(-c3ccccc3)cc1)(c1ccc(-c3ccccc3)cc1)c1cc(-c3ccccc3)ccc1-2. The number of benzene rings is 7. The lowest BCUT2D eigenvalue weighted by molar-refractivity contribution is 0.768. The fourth-order valence-electron chi connectivity index (χ4n) is 6.98. The molecule has 0 radical (unpaired) electrons. The van der Waals surface area contributed by atoms with Crippen LogP contribution in [0, 0.1) is 0 Å². The zero-order valence-corrected chi connectivity index (χ0v) is 25.7. The molecule has 208 valence electrons. The first kappa shape index (κ1) is 26.6. The minimum absolute atomic E-state index is 0.496.